The summed E-state index contributed by atoms with van der Waals surface area (Å²) >= 11 is 0. The Kier molecular flexibility index (Phi) is 5.10. The molecule has 0 aliphatic carbocycles. The second kappa shape index (κ2) is 7.47. The number of nitrogens with zero attached hydrogens (tertiary/aromatic N) is 8. The van der Waals surface area contributed by atoms with Crippen molar-refractivity contribution in [3.63, 3.8) is 0 Å². The van der Waals surface area contributed by atoms with Crippen LogP contribution >= 0.6 is 0 Å². The highest BCUT2D eigenvalue weighted by Crippen LogP contribution is 2.22. The number of imidazole rings is 2. The summed E-state index contributed by atoms with van der Waals surface area (Å²) in [6, 6.07) is 1.92. The molecule has 0 bridgehead atoms. The van der Waals surface area contributed by atoms with Crippen LogP contribution in [0.3, 0.4) is 0 Å². The van der Waals surface area contributed by atoms with Gasteiger partial charge >= 0.3 is 0 Å². The molecule has 0 amide bonds. The van der Waals surface area contributed by atoms with E-state index in [1.54, 1.807) is 31.1 Å². The zero-order chi connectivity index (χ0) is 21.6. The number of piperazine rings is 1. The van der Waals surface area contributed by atoms with Gasteiger partial charge in [-0.3, -0.25) is 4.57 Å². The van der Waals surface area contributed by atoms with Crippen LogP contribution in [0.1, 0.15) is 23.0 Å². The zero-order valence-corrected chi connectivity index (χ0v) is 18.7. The van der Waals surface area contributed by atoms with Gasteiger partial charge in [0.25, 0.3) is 10.0 Å². The smallest absolute Gasteiger partial charge is 0.262 e. The van der Waals surface area contributed by atoms with Gasteiger partial charge in [0, 0.05) is 51.2 Å². The highest BCUT2D eigenvalue weighted by atomic mass is 32.2. The van der Waals surface area contributed by atoms with E-state index in [1.165, 1.54) is 4.31 Å². The summed E-state index contributed by atoms with van der Waals surface area (Å²) in [7, 11) is -1.81. The Morgan fingerprint density at radius 2 is 1.60 bits per heavy atom. The molecule has 3 aromatic rings. The fourth-order valence-electron chi connectivity index (χ4n) is 3.49. The average molecular weight is 431 g/mol. The molecule has 11 heteroatoms. The van der Waals surface area contributed by atoms with Gasteiger partial charge in [-0.25, -0.2) is 28.4 Å². The van der Waals surface area contributed by atoms with Gasteiger partial charge in [-0.1, -0.05) is 0 Å². The van der Waals surface area contributed by atoms with E-state index in [0.29, 0.717) is 37.8 Å². The minimum Gasteiger partial charge on any atom is -0.354 e. The summed E-state index contributed by atoms with van der Waals surface area (Å²) in [4.78, 5) is 19.8. The van der Waals surface area contributed by atoms with Gasteiger partial charge in [-0.2, -0.15) is 4.31 Å². The molecule has 0 unspecified atom stereocenters. The van der Waals surface area contributed by atoms with Crippen LogP contribution < -0.4 is 4.90 Å². The maximum atomic E-state index is 12.9. The van der Waals surface area contributed by atoms with Gasteiger partial charge in [0.2, 0.25) is 0 Å². The van der Waals surface area contributed by atoms with E-state index >= 15 is 0 Å². The first kappa shape index (κ1) is 20.5. The Bertz CT molecular complexity index is 1170. The zero-order valence-electron chi connectivity index (χ0n) is 17.9. The summed E-state index contributed by atoms with van der Waals surface area (Å²) in [5, 5.41) is 0.0991. The number of sulfonamides is 1. The van der Waals surface area contributed by atoms with E-state index in [0.717, 1.165) is 23.0 Å². The van der Waals surface area contributed by atoms with E-state index < -0.39 is 10.0 Å². The number of hydrogen-bond acceptors (Lipinski definition) is 7. The molecule has 0 radical (unpaired) electrons. The molecule has 10 nitrogen and oxygen atoms in total. The second-order valence-electron chi connectivity index (χ2n) is 7.55. The third kappa shape index (κ3) is 3.58. The Morgan fingerprint density at radius 1 is 0.933 bits per heavy atom. The number of rotatable bonds is 4. The van der Waals surface area contributed by atoms with Gasteiger partial charge in [-0.15, -0.1) is 0 Å². The SMILES string of the molecule is Cc1nc(N2CCN(S(=O)(=O)c3cn(C)c(C)n3)CC2)cc(-n2cnc(C)c2C)n1. The maximum absolute atomic E-state index is 12.9. The van der Waals surface area contributed by atoms with Crippen molar-refractivity contribution in [2.24, 2.45) is 7.05 Å². The van der Waals surface area contributed by atoms with E-state index in [4.69, 9.17) is 0 Å². The van der Waals surface area contributed by atoms with Gasteiger partial charge < -0.3 is 9.47 Å². The molecule has 1 aliphatic rings. The topological polar surface area (TPSA) is 102 Å². The van der Waals surface area contributed by atoms with Crippen molar-refractivity contribution < 1.29 is 8.42 Å². The van der Waals surface area contributed by atoms with Crippen LogP contribution in [0.2, 0.25) is 0 Å². The lowest BCUT2D eigenvalue weighted by Gasteiger charge is -2.34. The number of aryl methyl sites for hydroxylation is 4. The van der Waals surface area contributed by atoms with E-state index in [9.17, 15) is 8.42 Å². The lowest BCUT2D eigenvalue weighted by molar-refractivity contribution is 0.382. The Morgan fingerprint density at radius 3 is 2.17 bits per heavy atom. The molecule has 0 N–H and O–H groups in total. The van der Waals surface area contributed by atoms with Gasteiger partial charge in [0.05, 0.1) is 5.69 Å². The van der Waals surface area contributed by atoms with Gasteiger partial charge in [0.15, 0.2) is 5.03 Å². The van der Waals surface area contributed by atoms with Crippen molar-refractivity contribution >= 4 is 15.8 Å². The summed E-state index contributed by atoms with van der Waals surface area (Å²) < 4.78 is 31.0. The normalized spacial score (nSPS) is 15.7. The van der Waals surface area contributed by atoms with Crippen molar-refractivity contribution in [3.05, 3.63) is 41.6 Å². The molecular weight excluding hydrogens is 404 g/mol. The number of aromatic nitrogens is 6. The predicted octanol–water partition coefficient (Wildman–Crippen LogP) is 1.14. The minimum atomic E-state index is -3.60. The van der Waals surface area contributed by atoms with Crippen LogP contribution in [-0.2, 0) is 17.1 Å². The van der Waals surface area contributed by atoms with E-state index in [-0.39, 0.29) is 5.03 Å². The van der Waals surface area contributed by atoms with E-state index in [1.807, 2.05) is 31.4 Å². The van der Waals surface area contributed by atoms with Crippen LogP contribution in [0.5, 0.6) is 0 Å². The molecule has 4 rings (SSSR count). The molecule has 1 aliphatic heterocycles. The lowest BCUT2D eigenvalue weighted by atomic mass is 10.3. The van der Waals surface area contributed by atoms with Crippen LogP contribution in [0.4, 0.5) is 5.82 Å². The molecule has 0 saturated carbocycles. The Balaban J connectivity index is 1.54. The molecular formula is C19H26N8O2S. The Labute approximate surface area is 176 Å². The van der Waals surface area contributed by atoms with Crippen LogP contribution in [0.25, 0.3) is 5.82 Å². The Hall–Kier alpha value is -2.79. The highest BCUT2D eigenvalue weighted by molar-refractivity contribution is 7.89. The first-order valence-electron chi connectivity index (χ1n) is 9.78. The quantitative estimate of drug-likeness (QED) is 0.612. The third-order valence-corrected chi connectivity index (χ3v) is 7.33. The van der Waals surface area contributed by atoms with Crippen LogP contribution in [-0.4, -0.2) is 68.0 Å². The van der Waals surface area contributed by atoms with Crippen molar-refractivity contribution in [2.45, 2.75) is 32.7 Å². The van der Waals surface area contributed by atoms with Crippen LogP contribution in [0, 0.1) is 27.7 Å². The number of anilines is 1. The summed E-state index contributed by atoms with van der Waals surface area (Å²) in [6.07, 6.45) is 3.32. The van der Waals surface area contributed by atoms with Crippen molar-refractivity contribution in [1.29, 1.82) is 0 Å². The maximum Gasteiger partial charge on any atom is 0.262 e. The molecule has 30 heavy (non-hydrogen) atoms. The van der Waals surface area contributed by atoms with Gasteiger partial charge in [-0.05, 0) is 27.7 Å². The average Bonchev–Trinajstić information content (AvgIpc) is 3.23. The largest absolute Gasteiger partial charge is 0.354 e. The molecule has 4 heterocycles. The van der Waals surface area contributed by atoms with Crippen molar-refractivity contribution in [1.82, 2.24) is 33.4 Å². The summed E-state index contributed by atoms with van der Waals surface area (Å²) in [5.74, 6) is 2.87. The highest BCUT2D eigenvalue weighted by Gasteiger charge is 2.31. The lowest BCUT2D eigenvalue weighted by Crippen LogP contribution is -2.49. The first-order valence-corrected chi connectivity index (χ1v) is 11.2. The fourth-order valence-corrected chi connectivity index (χ4v) is 4.94. The standard InChI is InChI=1S/C19H26N8O2S/c1-13-14(2)27(12-20-13)18-10-17(21-15(3)22-18)25-6-8-26(9-7-25)30(28,29)19-11-24(5)16(4)23-19/h10-12H,6-9H2,1-5H3. The molecule has 160 valence electrons. The van der Waals surface area contributed by atoms with Gasteiger partial charge in [0.1, 0.15) is 29.6 Å². The van der Waals surface area contributed by atoms with E-state index in [2.05, 4.69) is 24.8 Å². The molecule has 1 saturated heterocycles. The molecule has 0 atom stereocenters. The first-order chi connectivity index (χ1) is 14.2. The van der Waals surface area contributed by atoms with Crippen molar-refractivity contribution in [3.8, 4) is 5.82 Å². The van der Waals surface area contributed by atoms with Crippen LogP contribution in [0.15, 0.2) is 23.6 Å². The van der Waals surface area contributed by atoms with Crippen molar-refractivity contribution in [2.75, 3.05) is 31.1 Å². The monoisotopic (exact) mass is 430 g/mol. The summed E-state index contributed by atoms with van der Waals surface area (Å²) in [6.45, 7) is 9.45. The number of hydrogen-bond donors (Lipinski definition) is 0. The molecule has 1 fully saturated rings. The fraction of sp³-hybridized carbons (Fsp3) is 0.474. The molecule has 0 aromatic carbocycles. The summed E-state index contributed by atoms with van der Waals surface area (Å²) in [5.41, 5.74) is 1.98. The second-order valence-corrected chi connectivity index (χ2v) is 9.43. The predicted molar refractivity (Wildman–Crippen MR) is 112 cm³/mol. The molecule has 3 aromatic heterocycles. The molecule has 0 spiro atoms. The minimum absolute atomic E-state index is 0.0991. The third-order valence-electron chi connectivity index (χ3n) is 5.56.